The number of hydrogen-bond donors (Lipinski definition) is 0. The highest BCUT2D eigenvalue weighted by atomic mass is 79.9. The molecule has 0 aliphatic rings. The lowest BCUT2D eigenvalue weighted by atomic mass is 10.1. The van der Waals surface area contributed by atoms with E-state index in [1.54, 1.807) is 0 Å². The summed E-state index contributed by atoms with van der Waals surface area (Å²) in [6.45, 7) is 1.19. The molecule has 0 heterocycles. The summed E-state index contributed by atoms with van der Waals surface area (Å²) in [7, 11) is 0. The van der Waals surface area contributed by atoms with Gasteiger partial charge in [-0.05, 0) is 25.1 Å². The Morgan fingerprint density at radius 1 is 1.41 bits per heavy atom. The van der Waals surface area contributed by atoms with Crippen molar-refractivity contribution in [1.82, 2.24) is 0 Å². The molecule has 0 aromatic heterocycles. The number of alkyl halides is 4. The van der Waals surface area contributed by atoms with Crippen molar-refractivity contribution < 1.29 is 27.1 Å². The highest BCUT2D eigenvalue weighted by molar-refractivity contribution is 9.09. The molecule has 2 nitrogen and oxygen atoms in total. The lowest BCUT2D eigenvalue weighted by Crippen LogP contribution is -2.17. The van der Waals surface area contributed by atoms with Crippen molar-refractivity contribution in [3.8, 4) is 5.75 Å². The monoisotopic (exact) mass is 314 g/mol. The van der Waals surface area contributed by atoms with Crippen LogP contribution in [0.25, 0.3) is 0 Å². The minimum atomic E-state index is -4.85. The predicted octanol–water partition coefficient (Wildman–Crippen LogP) is 3.75. The van der Waals surface area contributed by atoms with E-state index in [2.05, 4.69) is 20.7 Å². The van der Waals surface area contributed by atoms with Crippen LogP contribution in [0.3, 0.4) is 0 Å². The summed E-state index contributed by atoms with van der Waals surface area (Å²) in [6, 6.07) is 2.49. The molecule has 0 aliphatic carbocycles. The van der Waals surface area contributed by atoms with Crippen LogP contribution in [0.1, 0.15) is 17.3 Å². The van der Waals surface area contributed by atoms with Crippen molar-refractivity contribution in [2.45, 2.75) is 18.1 Å². The van der Waals surface area contributed by atoms with Gasteiger partial charge < -0.3 is 4.74 Å². The third-order valence-electron chi connectivity index (χ3n) is 1.83. The molecule has 1 unspecified atom stereocenters. The third-order valence-corrected chi connectivity index (χ3v) is 2.97. The molecule has 94 valence electrons. The van der Waals surface area contributed by atoms with Crippen molar-refractivity contribution in [3.63, 3.8) is 0 Å². The van der Waals surface area contributed by atoms with E-state index < -0.39 is 28.5 Å². The van der Waals surface area contributed by atoms with Crippen molar-refractivity contribution >= 4 is 21.7 Å². The Morgan fingerprint density at radius 2 is 2.00 bits per heavy atom. The smallest absolute Gasteiger partial charge is 0.406 e. The van der Waals surface area contributed by atoms with Gasteiger partial charge >= 0.3 is 6.36 Å². The van der Waals surface area contributed by atoms with Crippen LogP contribution in [0, 0.1) is 5.82 Å². The molecule has 0 aliphatic heterocycles. The highest BCUT2D eigenvalue weighted by Crippen LogP contribution is 2.31. The molecule has 1 aromatic carbocycles. The fourth-order valence-corrected chi connectivity index (χ4v) is 1.48. The summed E-state index contributed by atoms with van der Waals surface area (Å²) in [5.74, 6) is -1.77. The summed E-state index contributed by atoms with van der Waals surface area (Å²) < 4.78 is 52.7. The molecule has 0 radical (unpaired) electrons. The molecule has 1 aromatic rings. The number of hydrogen-bond acceptors (Lipinski definition) is 2. The number of ketones is 1. The van der Waals surface area contributed by atoms with E-state index in [0.717, 1.165) is 18.2 Å². The summed E-state index contributed by atoms with van der Waals surface area (Å²) >= 11 is 2.89. The Kier molecular flexibility index (Phi) is 4.13. The molecular formula is C10H7BrF4O2. The molecule has 0 N–H and O–H groups in total. The number of ether oxygens (including phenoxy) is 1. The van der Waals surface area contributed by atoms with Gasteiger partial charge in [0.2, 0.25) is 0 Å². The Bertz CT molecular complexity index is 431. The number of benzene rings is 1. The van der Waals surface area contributed by atoms with Gasteiger partial charge in [-0.25, -0.2) is 4.39 Å². The predicted molar refractivity (Wildman–Crippen MR) is 55.4 cm³/mol. The molecule has 0 saturated carbocycles. The molecular weight excluding hydrogens is 308 g/mol. The molecule has 1 atom stereocenters. The summed E-state index contributed by atoms with van der Waals surface area (Å²) in [5.41, 5.74) is -0.195. The van der Waals surface area contributed by atoms with Crippen molar-refractivity contribution in [1.29, 1.82) is 0 Å². The lowest BCUT2D eigenvalue weighted by Gasteiger charge is -2.12. The van der Waals surface area contributed by atoms with Crippen LogP contribution in [0.2, 0.25) is 0 Å². The van der Waals surface area contributed by atoms with E-state index >= 15 is 0 Å². The minimum absolute atomic E-state index is 0.195. The maximum Gasteiger partial charge on any atom is 0.573 e. The fourth-order valence-electron chi connectivity index (χ4n) is 1.13. The molecule has 0 fully saturated rings. The normalized spacial score (nSPS) is 13.3. The number of rotatable bonds is 3. The zero-order chi connectivity index (χ0) is 13.2. The van der Waals surface area contributed by atoms with E-state index in [0.29, 0.717) is 0 Å². The third kappa shape index (κ3) is 3.99. The standard InChI is InChI=1S/C10H7BrF4O2/c1-5(16)9(11)7-4-6(2-3-8(7)12)17-10(13,14)15/h2-4,9H,1H3. The van der Waals surface area contributed by atoms with E-state index in [1.165, 1.54) is 6.92 Å². The van der Waals surface area contributed by atoms with E-state index in [4.69, 9.17) is 0 Å². The van der Waals surface area contributed by atoms with Crippen LogP contribution in [-0.4, -0.2) is 12.1 Å². The first-order chi connectivity index (χ1) is 7.70. The molecule has 0 spiro atoms. The van der Waals surface area contributed by atoms with Crippen LogP contribution < -0.4 is 4.74 Å². The molecule has 0 bridgehead atoms. The largest absolute Gasteiger partial charge is 0.573 e. The first-order valence-electron chi connectivity index (χ1n) is 4.40. The minimum Gasteiger partial charge on any atom is -0.406 e. The van der Waals surface area contributed by atoms with Crippen molar-refractivity contribution in [3.05, 3.63) is 29.6 Å². The Labute approximate surface area is 103 Å². The van der Waals surface area contributed by atoms with Crippen molar-refractivity contribution in [2.24, 2.45) is 0 Å². The van der Waals surface area contributed by atoms with E-state index in [-0.39, 0.29) is 5.56 Å². The molecule has 7 heteroatoms. The lowest BCUT2D eigenvalue weighted by molar-refractivity contribution is -0.274. The summed E-state index contributed by atoms with van der Waals surface area (Å²) in [4.78, 5) is 10.0. The molecule has 0 amide bonds. The maximum atomic E-state index is 13.3. The van der Waals surface area contributed by atoms with Gasteiger partial charge in [-0.1, -0.05) is 15.9 Å². The van der Waals surface area contributed by atoms with Gasteiger partial charge in [-0.15, -0.1) is 13.2 Å². The van der Waals surface area contributed by atoms with Crippen LogP contribution in [0.4, 0.5) is 17.6 Å². The van der Waals surface area contributed by atoms with Crippen molar-refractivity contribution in [2.75, 3.05) is 0 Å². The maximum absolute atomic E-state index is 13.3. The van der Waals surface area contributed by atoms with Gasteiger partial charge in [0, 0.05) is 5.56 Å². The average Bonchev–Trinajstić information content (AvgIpc) is 2.17. The second kappa shape index (κ2) is 5.03. The van der Waals surface area contributed by atoms with Gasteiger partial charge in [-0.3, -0.25) is 4.79 Å². The van der Waals surface area contributed by atoms with Crippen LogP contribution >= 0.6 is 15.9 Å². The van der Waals surface area contributed by atoms with Crippen LogP contribution in [0.15, 0.2) is 18.2 Å². The molecule has 1 rings (SSSR count). The van der Waals surface area contributed by atoms with Gasteiger partial charge in [0.05, 0.1) is 0 Å². The Morgan fingerprint density at radius 3 is 2.47 bits per heavy atom. The zero-order valence-corrected chi connectivity index (χ0v) is 10.1. The number of Topliss-reactive ketones (excluding diaryl/α,β-unsaturated/α-hetero) is 1. The van der Waals surface area contributed by atoms with Crippen LogP contribution in [-0.2, 0) is 4.79 Å². The van der Waals surface area contributed by atoms with Gasteiger partial charge in [-0.2, -0.15) is 0 Å². The average molecular weight is 315 g/mol. The van der Waals surface area contributed by atoms with Crippen LogP contribution in [0.5, 0.6) is 5.75 Å². The first kappa shape index (κ1) is 14.0. The summed E-state index contributed by atoms with van der Waals surface area (Å²) in [6.07, 6.45) is -4.85. The quantitative estimate of drug-likeness (QED) is 0.627. The van der Waals surface area contributed by atoms with Gasteiger partial charge in [0.15, 0.2) is 0 Å². The summed E-state index contributed by atoms with van der Waals surface area (Å²) in [5, 5.41) is 0. The second-order valence-electron chi connectivity index (χ2n) is 3.20. The topological polar surface area (TPSA) is 26.3 Å². The fraction of sp³-hybridized carbons (Fsp3) is 0.300. The molecule has 0 saturated heterocycles. The van der Waals surface area contributed by atoms with E-state index in [1.807, 2.05) is 0 Å². The Hall–Kier alpha value is -1.11. The number of carbonyl (C=O) groups excluding carboxylic acids is 1. The number of carbonyl (C=O) groups is 1. The van der Waals surface area contributed by atoms with Gasteiger partial charge in [0.1, 0.15) is 22.2 Å². The SMILES string of the molecule is CC(=O)C(Br)c1cc(OC(F)(F)F)ccc1F. The highest BCUT2D eigenvalue weighted by Gasteiger charge is 2.31. The molecule has 17 heavy (non-hydrogen) atoms. The Balaban J connectivity index is 3.06. The van der Waals surface area contributed by atoms with Gasteiger partial charge in [0.25, 0.3) is 0 Å². The zero-order valence-electron chi connectivity index (χ0n) is 8.52. The second-order valence-corrected chi connectivity index (χ2v) is 4.12. The first-order valence-corrected chi connectivity index (χ1v) is 5.32. The number of halogens is 5. The van der Waals surface area contributed by atoms with E-state index in [9.17, 15) is 22.4 Å².